The van der Waals surface area contributed by atoms with E-state index in [1.165, 1.54) is 9.80 Å². The number of aromatic nitrogens is 2. The van der Waals surface area contributed by atoms with Crippen molar-refractivity contribution in [1.82, 2.24) is 14.4 Å². The third kappa shape index (κ3) is 2.38. The molecule has 0 aromatic carbocycles. The lowest BCUT2D eigenvalue weighted by molar-refractivity contribution is -0.683. The van der Waals surface area contributed by atoms with E-state index in [9.17, 15) is 9.59 Å². The Kier molecular flexibility index (Phi) is 4.40. The molecule has 2 aliphatic rings. The summed E-state index contributed by atoms with van der Waals surface area (Å²) in [5.74, 6) is 0.997. The van der Waals surface area contributed by atoms with E-state index in [-0.39, 0.29) is 24.5 Å². The standard InChI is InChI=1S/C17H26N5O3/c1-7-10(2)21-11(3)12(4)22-13-14(18-16(21)22)19(5)17(24)20(15(13)23)8-9-25-6/h10,13H,7-9H2,1-6H3/q+1. The SMILES string of the molecule is CCC(C)n1c(C)c(C)[n+]2c1N=C1C2C(=O)N(CCOC)C(=O)N1C. The fourth-order valence-electron chi connectivity index (χ4n) is 3.56. The number of methoxy groups -OCH3 is 1. The van der Waals surface area contributed by atoms with E-state index >= 15 is 0 Å². The molecule has 0 bridgehead atoms. The van der Waals surface area contributed by atoms with Crippen molar-refractivity contribution < 1.29 is 18.9 Å². The second-order valence-electron chi connectivity index (χ2n) is 6.66. The molecule has 2 unspecified atom stereocenters. The Morgan fingerprint density at radius 1 is 1.32 bits per heavy atom. The molecule has 1 aromatic heterocycles. The summed E-state index contributed by atoms with van der Waals surface area (Å²) in [5, 5.41) is 0. The van der Waals surface area contributed by atoms with Crippen LogP contribution in [-0.4, -0.2) is 59.4 Å². The fourth-order valence-corrected chi connectivity index (χ4v) is 3.56. The summed E-state index contributed by atoms with van der Waals surface area (Å²) in [4.78, 5) is 33.0. The number of carbonyl (C=O) groups excluding carboxylic acids is 2. The summed E-state index contributed by atoms with van der Waals surface area (Å²) in [7, 11) is 3.22. The summed E-state index contributed by atoms with van der Waals surface area (Å²) < 4.78 is 9.16. The molecule has 3 amide bonds. The molecular formula is C17H26N5O3+. The number of likely N-dealkylation sites (N-methyl/N-ethyl adjacent to an activating group) is 1. The van der Waals surface area contributed by atoms with Gasteiger partial charge < -0.3 is 4.74 Å². The zero-order valence-corrected chi connectivity index (χ0v) is 15.7. The summed E-state index contributed by atoms with van der Waals surface area (Å²) in [6.45, 7) is 8.86. The number of rotatable bonds is 5. The number of fused-ring (bicyclic) bond motifs is 3. The molecule has 0 N–H and O–H groups in total. The third-order valence-electron chi connectivity index (χ3n) is 5.31. The predicted molar refractivity (Wildman–Crippen MR) is 92.0 cm³/mol. The molecule has 2 aliphatic heterocycles. The molecule has 3 rings (SSSR count). The molecule has 136 valence electrons. The summed E-state index contributed by atoms with van der Waals surface area (Å²) in [5.41, 5.74) is 2.10. The highest BCUT2D eigenvalue weighted by molar-refractivity contribution is 6.19. The molecule has 8 nitrogen and oxygen atoms in total. The van der Waals surface area contributed by atoms with Crippen molar-refractivity contribution in [3.63, 3.8) is 0 Å². The maximum Gasteiger partial charge on any atom is 0.402 e. The number of ether oxygens (including phenoxy) is 1. The first kappa shape index (κ1) is 17.6. The molecule has 3 heterocycles. The quantitative estimate of drug-likeness (QED) is 0.757. The van der Waals surface area contributed by atoms with Crippen LogP contribution in [0.5, 0.6) is 0 Å². The van der Waals surface area contributed by atoms with Gasteiger partial charge in [0.2, 0.25) is 11.9 Å². The van der Waals surface area contributed by atoms with Gasteiger partial charge in [0.1, 0.15) is 11.4 Å². The monoisotopic (exact) mass is 348 g/mol. The molecule has 1 aromatic rings. The van der Waals surface area contributed by atoms with Crippen LogP contribution >= 0.6 is 0 Å². The predicted octanol–water partition coefficient (Wildman–Crippen LogP) is 1.49. The molecule has 2 atom stereocenters. The number of imidazole rings is 1. The second-order valence-corrected chi connectivity index (χ2v) is 6.66. The first-order chi connectivity index (χ1) is 11.8. The van der Waals surface area contributed by atoms with E-state index in [1.807, 2.05) is 18.4 Å². The topological polar surface area (TPSA) is 71.0 Å². The van der Waals surface area contributed by atoms with Gasteiger partial charge in [-0.15, -0.1) is 0 Å². The van der Waals surface area contributed by atoms with Crippen molar-refractivity contribution in [3.05, 3.63) is 11.4 Å². The van der Waals surface area contributed by atoms with Crippen LogP contribution in [0.4, 0.5) is 10.7 Å². The minimum Gasteiger partial charge on any atom is -0.383 e. The Labute approximate surface area is 147 Å². The van der Waals surface area contributed by atoms with Crippen molar-refractivity contribution >= 4 is 23.7 Å². The highest BCUT2D eigenvalue weighted by atomic mass is 16.5. The van der Waals surface area contributed by atoms with Crippen molar-refractivity contribution in [3.8, 4) is 0 Å². The number of amidine groups is 1. The van der Waals surface area contributed by atoms with Crippen LogP contribution in [-0.2, 0) is 9.53 Å². The number of urea groups is 1. The van der Waals surface area contributed by atoms with Gasteiger partial charge in [-0.3, -0.25) is 14.6 Å². The largest absolute Gasteiger partial charge is 0.402 e. The van der Waals surface area contributed by atoms with Crippen LogP contribution in [0.2, 0.25) is 0 Å². The first-order valence-corrected chi connectivity index (χ1v) is 8.64. The number of amides is 3. The number of imide groups is 1. The van der Waals surface area contributed by atoms with Gasteiger partial charge in [-0.25, -0.2) is 13.9 Å². The number of hydrogen-bond acceptors (Lipinski definition) is 4. The van der Waals surface area contributed by atoms with Gasteiger partial charge in [0.15, 0.2) is 0 Å². The second kappa shape index (κ2) is 6.25. The Hall–Kier alpha value is -2.22. The molecule has 0 saturated carbocycles. The maximum atomic E-state index is 13.1. The van der Waals surface area contributed by atoms with Gasteiger partial charge in [0.25, 0.3) is 5.91 Å². The lowest BCUT2D eigenvalue weighted by atomic mass is 10.1. The molecule has 0 aliphatic carbocycles. The van der Waals surface area contributed by atoms with E-state index in [1.54, 1.807) is 14.2 Å². The van der Waals surface area contributed by atoms with Gasteiger partial charge in [-0.05, 0) is 27.2 Å². The van der Waals surface area contributed by atoms with Crippen LogP contribution in [0.25, 0.3) is 0 Å². The van der Waals surface area contributed by atoms with Crippen LogP contribution in [0.1, 0.15) is 43.7 Å². The van der Waals surface area contributed by atoms with E-state index in [0.29, 0.717) is 12.4 Å². The van der Waals surface area contributed by atoms with E-state index in [4.69, 9.17) is 4.74 Å². The molecule has 0 spiro atoms. The molecule has 1 fully saturated rings. The fraction of sp³-hybridized carbons (Fsp3) is 0.647. The van der Waals surface area contributed by atoms with Gasteiger partial charge in [0, 0.05) is 14.2 Å². The summed E-state index contributed by atoms with van der Waals surface area (Å²) in [6, 6.07) is -0.675. The van der Waals surface area contributed by atoms with Crippen molar-refractivity contribution in [1.29, 1.82) is 0 Å². The zero-order chi connectivity index (χ0) is 18.5. The molecule has 0 radical (unpaired) electrons. The normalized spacial score (nSPS) is 20.7. The lowest BCUT2D eigenvalue weighted by Crippen LogP contribution is -2.63. The number of hydrogen-bond donors (Lipinski definition) is 0. The van der Waals surface area contributed by atoms with Gasteiger partial charge in [0.05, 0.1) is 19.2 Å². The highest BCUT2D eigenvalue weighted by Crippen LogP contribution is 2.33. The van der Waals surface area contributed by atoms with Gasteiger partial charge >= 0.3 is 12.0 Å². The first-order valence-electron chi connectivity index (χ1n) is 8.64. The number of carbonyl (C=O) groups is 2. The van der Waals surface area contributed by atoms with Crippen LogP contribution in [0.15, 0.2) is 4.99 Å². The number of nitrogens with zero attached hydrogens (tertiary/aromatic N) is 5. The summed E-state index contributed by atoms with van der Waals surface area (Å²) >= 11 is 0. The zero-order valence-electron chi connectivity index (χ0n) is 15.7. The van der Waals surface area contributed by atoms with E-state index in [0.717, 1.165) is 23.8 Å². The third-order valence-corrected chi connectivity index (χ3v) is 5.31. The highest BCUT2D eigenvalue weighted by Gasteiger charge is 2.54. The molecular weight excluding hydrogens is 322 g/mol. The molecule has 1 saturated heterocycles. The summed E-state index contributed by atoms with van der Waals surface area (Å²) in [6.07, 6.45) is 0.958. The average molecular weight is 348 g/mol. The minimum atomic E-state index is -0.585. The van der Waals surface area contributed by atoms with Gasteiger partial charge in [-0.2, -0.15) is 0 Å². The van der Waals surface area contributed by atoms with Crippen LogP contribution in [0, 0.1) is 13.8 Å². The Balaban J connectivity index is 2.12. The van der Waals surface area contributed by atoms with Crippen LogP contribution in [0.3, 0.4) is 0 Å². The smallest absolute Gasteiger partial charge is 0.383 e. The minimum absolute atomic E-state index is 0.238. The Morgan fingerprint density at radius 2 is 2.00 bits per heavy atom. The lowest BCUT2D eigenvalue weighted by Gasteiger charge is -2.33. The van der Waals surface area contributed by atoms with Crippen molar-refractivity contribution in [2.24, 2.45) is 4.99 Å². The maximum absolute atomic E-state index is 13.1. The Bertz CT molecular complexity index is 767. The van der Waals surface area contributed by atoms with Gasteiger partial charge in [-0.1, -0.05) is 11.9 Å². The van der Waals surface area contributed by atoms with E-state index in [2.05, 4.69) is 23.4 Å². The van der Waals surface area contributed by atoms with Crippen LogP contribution < -0.4 is 4.57 Å². The molecule has 8 heteroatoms. The average Bonchev–Trinajstić information content (AvgIpc) is 3.09. The van der Waals surface area contributed by atoms with E-state index < -0.39 is 6.04 Å². The van der Waals surface area contributed by atoms with Crippen molar-refractivity contribution in [2.75, 3.05) is 27.3 Å². The Morgan fingerprint density at radius 3 is 2.60 bits per heavy atom. The number of aliphatic imine (C=N–C) groups is 1. The molecule has 25 heavy (non-hydrogen) atoms. The van der Waals surface area contributed by atoms with Crippen molar-refractivity contribution in [2.45, 2.75) is 46.2 Å².